The van der Waals surface area contributed by atoms with E-state index in [-0.39, 0.29) is 11.0 Å². The van der Waals surface area contributed by atoms with Crippen LogP contribution in [0.1, 0.15) is 11.1 Å². The summed E-state index contributed by atoms with van der Waals surface area (Å²) in [6, 6.07) is 7.02. The minimum Gasteiger partial charge on any atom is -0.497 e. The Hall–Kier alpha value is -2.27. The third-order valence-corrected chi connectivity index (χ3v) is 3.39. The Morgan fingerprint density at radius 3 is 2.64 bits per heavy atom. The molecule has 0 radical (unpaired) electrons. The first-order valence-electron chi connectivity index (χ1n) is 6.76. The summed E-state index contributed by atoms with van der Waals surface area (Å²) in [7, 11) is 1.54. The molecule has 0 unspecified atom stereocenters. The molecule has 1 N–H and O–H groups in total. The van der Waals surface area contributed by atoms with Gasteiger partial charge in [-0.1, -0.05) is 18.2 Å². The second-order valence-corrected chi connectivity index (χ2v) is 4.58. The minimum absolute atomic E-state index is 0.160. The standard InChI is InChI=1S/C16H13NO3.CH4S/c1-20-10-5-4-7-11-13(9-10)15(18)12-6-2-3-8-14(12)17-16(11)19;1-2/h2-6,8-9H,7H2,1H3,(H,17,19);2H,1H3. The largest absolute Gasteiger partial charge is 0.497 e. The number of aromatic amines is 1. The van der Waals surface area contributed by atoms with Gasteiger partial charge in [0.25, 0.3) is 5.56 Å². The smallest absolute Gasteiger partial charge is 0.252 e. The molecule has 0 saturated heterocycles. The number of fused-ring (bicyclic) bond motifs is 2. The zero-order valence-electron chi connectivity index (χ0n) is 12.4. The van der Waals surface area contributed by atoms with Gasteiger partial charge in [0.1, 0.15) is 5.76 Å². The molecule has 1 aliphatic rings. The average molecular weight is 315 g/mol. The van der Waals surface area contributed by atoms with E-state index in [0.717, 1.165) is 0 Å². The van der Waals surface area contributed by atoms with E-state index in [1.807, 2.05) is 6.08 Å². The molecule has 1 aromatic heterocycles. The normalized spacial score (nSPS) is 12.6. The fraction of sp³-hybridized carbons (Fsp3) is 0.176. The van der Waals surface area contributed by atoms with Crippen LogP contribution >= 0.6 is 12.6 Å². The number of ether oxygens (including phenoxy) is 1. The lowest BCUT2D eigenvalue weighted by Gasteiger charge is -1.98. The Morgan fingerprint density at radius 2 is 1.91 bits per heavy atom. The van der Waals surface area contributed by atoms with Crippen LogP contribution in [0.25, 0.3) is 17.0 Å². The molecule has 0 aliphatic heterocycles. The van der Waals surface area contributed by atoms with Crippen LogP contribution in [-0.2, 0) is 11.2 Å². The number of thiol groups is 1. The highest BCUT2D eigenvalue weighted by atomic mass is 32.1. The molecule has 114 valence electrons. The Kier molecular flexibility index (Phi) is 5.22. The van der Waals surface area contributed by atoms with Gasteiger partial charge >= 0.3 is 0 Å². The second-order valence-electron chi connectivity index (χ2n) is 4.58. The van der Waals surface area contributed by atoms with Crippen molar-refractivity contribution in [2.24, 2.45) is 0 Å². The fourth-order valence-electron chi connectivity index (χ4n) is 2.36. The van der Waals surface area contributed by atoms with Crippen molar-refractivity contribution in [3.63, 3.8) is 0 Å². The van der Waals surface area contributed by atoms with Crippen molar-refractivity contribution >= 4 is 29.6 Å². The van der Waals surface area contributed by atoms with Crippen molar-refractivity contribution in [1.29, 1.82) is 0 Å². The van der Waals surface area contributed by atoms with Gasteiger partial charge in [-0.3, -0.25) is 9.59 Å². The average Bonchev–Trinajstić information content (AvgIpc) is 2.83. The maximum Gasteiger partial charge on any atom is 0.252 e. The fourth-order valence-corrected chi connectivity index (χ4v) is 2.36. The van der Waals surface area contributed by atoms with E-state index in [9.17, 15) is 9.59 Å². The first kappa shape index (κ1) is 16.1. The SMILES string of the molecule is COC1=Cc2c(c(=O)[nH]c3ccccc3c2=O)CC=C1.CS. The minimum atomic E-state index is -0.239. The molecule has 0 atom stereocenters. The van der Waals surface area contributed by atoms with E-state index in [0.29, 0.717) is 34.2 Å². The Balaban J connectivity index is 0.000000847. The van der Waals surface area contributed by atoms with E-state index < -0.39 is 0 Å². The van der Waals surface area contributed by atoms with Crippen LogP contribution in [-0.4, -0.2) is 18.3 Å². The summed E-state index contributed by atoms with van der Waals surface area (Å²) in [5, 5.41) is 0.499. The molecule has 22 heavy (non-hydrogen) atoms. The maximum atomic E-state index is 12.7. The summed E-state index contributed by atoms with van der Waals surface area (Å²) in [4.78, 5) is 27.7. The molecule has 1 heterocycles. The topological polar surface area (TPSA) is 59.2 Å². The molecule has 1 aromatic carbocycles. The summed E-state index contributed by atoms with van der Waals surface area (Å²) in [5.74, 6) is 0.565. The number of H-pyrrole nitrogens is 1. The molecule has 0 fully saturated rings. The highest BCUT2D eigenvalue weighted by molar-refractivity contribution is 7.79. The Labute approximate surface area is 133 Å². The van der Waals surface area contributed by atoms with E-state index in [1.54, 1.807) is 42.7 Å². The van der Waals surface area contributed by atoms with E-state index in [2.05, 4.69) is 17.6 Å². The first-order chi connectivity index (χ1) is 10.7. The number of benzene rings is 1. The quantitative estimate of drug-likeness (QED) is 0.795. The second kappa shape index (κ2) is 7.13. The molecule has 0 spiro atoms. The van der Waals surface area contributed by atoms with Crippen LogP contribution in [0, 0.1) is 0 Å². The molecular formula is C17H17NO3S. The zero-order valence-corrected chi connectivity index (χ0v) is 13.3. The van der Waals surface area contributed by atoms with Crippen LogP contribution in [0.2, 0.25) is 0 Å². The van der Waals surface area contributed by atoms with Gasteiger partial charge in [-0.25, -0.2) is 0 Å². The van der Waals surface area contributed by atoms with Crippen LogP contribution in [0.15, 0.2) is 51.8 Å². The lowest BCUT2D eigenvalue weighted by molar-refractivity contribution is 0.310. The molecule has 4 nitrogen and oxygen atoms in total. The molecule has 3 rings (SSSR count). The molecule has 5 heteroatoms. The van der Waals surface area contributed by atoms with Crippen LogP contribution in [0.4, 0.5) is 0 Å². The summed E-state index contributed by atoms with van der Waals surface area (Å²) < 4.78 is 5.19. The van der Waals surface area contributed by atoms with Crippen molar-refractivity contribution in [2.75, 3.05) is 13.4 Å². The van der Waals surface area contributed by atoms with Gasteiger partial charge in [0.15, 0.2) is 5.43 Å². The van der Waals surface area contributed by atoms with Crippen molar-refractivity contribution < 1.29 is 4.74 Å². The monoisotopic (exact) mass is 315 g/mol. The first-order valence-corrected chi connectivity index (χ1v) is 7.65. The van der Waals surface area contributed by atoms with Crippen molar-refractivity contribution in [3.8, 4) is 0 Å². The number of rotatable bonds is 1. The summed E-state index contributed by atoms with van der Waals surface area (Å²) in [6.45, 7) is 0. The van der Waals surface area contributed by atoms with Crippen molar-refractivity contribution in [1.82, 2.24) is 4.98 Å². The maximum absolute atomic E-state index is 12.7. The summed E-state index contributed by atoms with van der Waals surface area (Å²) in [6.07, 6.45) is 7.31. The lowest BCUT2D eigenvalue weighted by Crippen LogP contribution is -2.13. The van der Waals surface area contributed by atoms with Gasteiger partial charge in [0.05, 0.1) is 12.6 Å². The van der Waals surface area contributed by atoms with E-state index in [1.165, 1.54) is 7.11 Å². The predicted octanol–water partition coefficient (Wildman–Crippen LogP) is 2.53. The van der Waals surface area contributed by atoms with Crippen molar-refractivity contribution in [3.05, 3.63) is 73.9 Å². The zero-order chi connectivity index (χ0) is 16.1. The van der Waals surface area contributed by atoms with Gasteiger partial charge < -0.3 is 9.72 Å². The van der Waals surface area contributed by atoms with Crippen LogP contribution in [0.3, 0.4) is 0 Å². The summed E-state index contributed by atoms with van der Waals surface area (Å²) >= 11 is 3.53. The van der Waals surface area contributed by atoms with Gasteiger partial charge in [0.2, 0.25) is 0 Å². The van der Waals surface area contributed by atoms with E-state index in [4.69, 9.17) is 4.74 Å². The number of nitrogens with one attached hydrogen (secondary N) is 1. The number of hydrogen-bond donors (Lipinski definition) is 2. The van der Waals surface area contributed by atoms with Crippen LogP contribution in [0.5, 0.6) is 0 Å². The molecular weight excluding hydrogens is 298 g/mol. The van der Waals surface area contributed by atoms with Crippen molar-refractivity contribution in [2.45, 2.75) is 6.42 Å². The molecule has 2 aromatic rings. The Morgan fingerprint density at radius 1 is 1.18 bits per heavy atom. The third-order valence-electron chi connectivity index (χ3n) is 3.39. The number of methoxy groups -OCH3 is 1. The van der Waals surface area contributed by atoms with Crippen LogP contribution < -0.4 is 11.0 Å². The number of aromatic nitrogens is 1. The number of hydrogen-bond acceptors (Lipinski definition) is 4. The predicted molar refractivity (Wildman–Crippen MR) is 93.6 cm³/mol. The lowest BCUT2D eigenvalue weighted by atomic mass is 10.1. The Bertz CT molecular complexity index is 866. The number of para-hydroxylation sites is 1. The molecule has 0 amide bonds. The molecule has 0 saturated carbocycles. The van der Waals surface area contributed by atoms with Gasteiger partial charge in [-0.05, 0) is 37.0 Å². The third kappa shape index (κ3) is 2.99. The summed E-state index contributed by atoms with van der Waals surface area (Å²) in [5.41, 5.74) is 1.01. The molecule has 0 bridgehead atoms. The molecule has 1 aliphatic carbocycles. The highest BCUT2D eigenvalue weighted by Gasteiger charge is 2.13. The van der Waals surface area contributed by atoms with Gasteiger partial charge in [0, 0.05) is 16.5 Å². The van der Waals surface area contributed by atoms with Gasteiger partial charge in [-0.2, -0.15) is 12.6 Å². The van der Waals surface area contributed by atoms with Gasteiger partial charge in [-0.15, -0.1) is 0 Å². The number of allylic oxidation sites excluding steroid dienone is 2. The highest BCUT2D eigenvalue weighted by Crippen LogP contribution is 2.15. The van der Waals surface area contributed by atoms with E-state index >= 15 is 0 Å².